The highest BCUT2D eigenvalue weighted by atomic mass is 16.5. The largest absolute Gasteiger partial charge is 0.469 e. The molecule has 1 aromatic heterocycles. The molecule has 0 bridgehead atoms. The number of rotatable bonds is 5. The number of nitrogens with one attached hydrogen (secondary N) is 1. The fourth-order valence-corrected chi connectivity index (χ4v) is 1.24. The van der Waals surface area contributed by atoms with Gasteiger partial charge >= 0.3 is 5.97 Å². The first-order chi connectivity index (χ1) is 8.08. The SMILES string of the molecule is CCn1cc(N)c(C(=O)NCCC(=O)OC)n1. The van der Waals surface area contributed by atoms with Gasteiger partial charge in [-0.1, -0.05) is 0 Å². The lowest BCUT2D eigenvalue weighted by molar-refractivity contribution is -0.140. The van der Waals surface area contributed by atoms with Crippen LogP contribution in [0.2, 0.25) is 0 Å². The number of aryl methyl sites for hydroxylation is 1. The predicted octanol–water partition coefficient (Wildman–Crippen LogP) is -0.222. The Morgan fingerprint density at radius 3 is 2.82 bits per heavy atom. The normalized spacial score (nSPS) is 10.0. The van der Waals surface area contributed by atoms with Crippen LogP contribution >= 0.6 is 0 Å². The summed E-state index contributed by atoms with van der Waals surface area (Å²) in [6, 6.07) is 0. The van der Waals surface area contributed by atoms with Gasteiger partial charge in [0, 0.05) is 19.3 Å². The van der Waals surface area contributed by atoms with Crippen LogP contribution in [0.15, 0.2) is 6.20 Å². The van der Waals surface area contributed by atoms with E-state index in [1.54, 1.807) is 10.9 Å². The summed E-state index contributed by atoms with van der Waals surface area (Å²) >= 11 is 0. The molecule has 0 radical (unpaired) electrons. The van der Waals surface area contributed by atoms with Crippen LogP contribution in [-0.4, -0.2) is 35.3 Å². The fourth-order valence-electron chi connectivity index (χ4n) is 1.24. The minimum Gasteiger partial charge on any atom is -0.469 e. The number of nitrogens with two attached hydrogens (primary N) is 1. The molecule has 0 unspecified atom stereocenters. The molecular weight excluding hydrogens is 224 g/mol. The number of amides is 1. The Labute approximate surface area is 98.9 Å². The van der Waals surface area contributed by atoms with Gasteiger partial charge in [-0.2, -0.15) is 5.10 Å². The molecule has 3 N–H and O–H groups in total. The molecule has 0 fully saturated rings. The summed E-state index contributed by atoms with van der Waals surface area (Å²) in [5.41, 5.74) is 6.14. The molecular formula is C10H16N4O3. The summed E-state index contributed by atoms with van der Waals surface area (Å²) in [7, 11) is 1.30. The van der Waals surface area contributed by atoms with Gasteiger partial charge in [-0.3, -0.25) is 14.3 Å². The van der Waals surface area contributed by atoms with E-state index in [9.17, 15) is 9.59 Å². The average molecular weight is 240 g/mol. The molecule has 7 heteroatoms. The number of nitrogen functional groups attached to an aromatic ring is 1. The smallest absolute Gasteiger partial charge is 0.307 e. The van der Waals surface area contributed by atoms with E-state index >= 15 is 0 Å². The molecule has 0 atom stereocenters. The number of carbonyl (C=O) groups is 2. The second kappa shape index (κ2) is 5.88. The third-order valence-electron chi connectivity index (χ3n) is 2.17. The molecule has 0 aromatic carbocycles. The molecule has 0 saturated heterocycles. The molecule has 0 spiro atoms. The van der Waals surface area contributed by atoms with Gasteiger partial charge < -0.3 is 15.8 Å². The maximum absolute atomic E-state index is 11.6. The second-order valence-electron chi connectivity index (χ2n) is 3.37. The van der Waals surface area contributed by atoms with Crippen LogP contribution in [0.4, 0.5) is 5.69 Å². The molecule has 7 nitrogen and oxygen atoms in total. The highest BCUT2D eigenvalue weighted by Gasteiger charge is 2.14. The minimum atomic E-state index is -0.390. The maximum atomic E-state index is 11.6. The van der Waals surface area contributed by atoms with Gasteiger partial charge in [-0.25, -0.2) is 0 Å². The van der Waals surface area contributed by atoms with Crippen molar-refractivity contribution in [2.24, 2.45) is 0 Å². The number of hydrogen-bond acceptors (Lipinski definition) is 5. The van der Waals surface area contributed by atoms with Gasteiger partial charge in [0.15, 0.2) is 5.69 Å². The summed E-state index contributed by atoms with van der Waals surface area (Å²) in [6.45, 7) is 2.73. The number of aromatic nitrogens is 2. The van der Waals surface area contributed by atoms with Gasteiger partial charge in [0.25, 0.3) is 5.91 Å². The van der Waals surface area contributed by atoms with E-state index in [2.05, 4.69) is 15.2 Å². The number of esters is 1. The Hall–Kier alpha value is -2.05. The maximum Gasteiger partial charge on any atom is 0.307 e. The van der Waals surface area contributed by atoms with Crippen molar-refractivity contribution in [2.45, 2.75) is 19.9 Å². The summed E-state index contributed by atoms with van der Waals surface area (Å²) in [6.07, 6.45) is 1.71. The van der Waals surface area contributed by atoms with Gasteiger partial charge in [0.2, 0.25) is 0 Å². The highest BCUT2D eigenvalue weighted by molar-refractivity contribution is 5.97. The minimum absolute atomic E-state index is 0.122. The Kier molecular flexibility index (Phi) is 4.50. The quantitative estimate of drug-likeness (QED) is 0.693. The first-order valence-electron chi connectivity index (χ1n) is 5.26. The Morgan fingerprint density at radius 2 is 2.29 bits per heavy atom. The molecule has 0 aliphatic carbocycles. The van der Waals surface area contributed by atoms with Crippen molar-refractivity contribution in [3.05, 3.63) is 11.9 Å². The van der Waals surface area contributed by atoms with Crippen LogP contribution in [0.5, 0.6) is 0 Å². The lowest BCUT2D eigenvalue weighted by atomic mass is 10.3. The first-order valence-corrected chi connectivity index (χ1v) is 5.26. The van der Waals surface area contributed by atoms with E-state index in [0.717, 1.165) is 0 Å². The van der Waals surface area contributed by atoms with Crippen molar-refractivity contribution in [1.82, 2.24) is 15.1 Å². The lowest BCUT2D eigenvalue weighted by Crippen LogP contribution is -2.27. The van der Waals surface area contributed by atoms with Gasteiger partial charge in [-0.15, -0.1) is 0 Å². The summed E-state index contributed by atoms with van der Waals surface area (Å²) in [5, 5.41) is 6.56. The number of nitrogens with zero attached hydrogens (tertiary/aromatic N) is 2. The summed E-state index contributed by atoms with van der Waals surface area (Å²) in [4.78, 5) is 22.5. The first kappa shape index (κ1) is 13.0. The van der Waals surface area contributed by atoms with E-state index in [0.29, 0.717) is 12.2 Å². The Bertz CT molecular complexity index is 414. The number of methoxy groups -OCH3 is 1. The molecule has 1 heterocycles. The number of anilines is 1. The van der Waals surface area contributed by atoms with Crippen LogP contribution in [0, 0.1) is 0 Å². The van der Waals surface area contributed by atoms with E-state index in [4.69, 9.17) is 5.73 Å². The average Bonchev–Trinajstić information content (AvgIpc) is 2.70. The van der Waals surface area contributed by atoms with Gasteiger partial charge in [0.1, 0.15) is 0 Å². The van der Waals surface area contributed by atoms with Crippen LogP contribution in [0.25, 0.3) is 0 Å². The van der Waals surface area contributed by atoms with Crippen molar-refractivity contribution in [3.8, 4) is 0 Å². The molecule has 0 aliphatic heterocycles. The Balaban J connectivity index is 2.52. The molecule has 17 heavy (non-hydrogen) atoms. The fraction of sp³-hybridized carbons (Fsp3) is 0.500. The highest BCUT2D eigenvalue weighted by Crippen LogP contribution is 2.08. The standard InChI is InChI=1S/C10H16N4O3/c1-3-14-6-7(11)9(13-14)10(16)12-5-4-8(15)17-2/h6H,3-5,11H2,1-2H3,(H,12,16). The van der Waals surface area contributed by atoms with Crippen molar-refractivity contribution in [1.29, 1.82) is 0 Å². The van der Waals surface area contributed by atoms with Gasteiger partial charge in [0.05, 0.1) is 19.2 Å². The number of hydrogen-bond donors (Lipinski definition) is 2. The number of ether oxygens (including phenoxy) is 1. The van der Waals surface area contributed by atoms with Crippen molar-refractivity contribution in [3.63, 3.8) is 0 Å². The summed E-state index contributed by atoms with van der Waals surface area (Å²) in [5.74, 6) is -0.768. The van der Waals surface area contributed by atoms with Crippen LogP contribution < -0.4 is 11.1 Å². The molecule has 94 valence electrons. The number of carbonyl (C=O) groups excluding carboxylic acids is 2. The third-order valence-corrected chi connectivity index (χ3v) is 2.17. The Morgan fingerprint density at radius 1 is 1.59 bits per heavy atom. The van der Waals surface area contributed by atoms with Crippen molar-refractivity contribution >= 4 is 17.6 Å². The zero-order valence-electron chi connectivity index (χ0n) is 9.90. The molecule has 1 amide bonds. The van der Waals surface area contributed by atoms with Crippen molar-refractivity contribution in [2.75, 3.05) is 19.4 Å². The van der Waals surface area contributed by atoms with Gasteiger partial charge in [-0.05, 0) is 6.92 Å². The molecule has 0 aliphatic rings. The topological polar surface area (TPSA) is 99.2 Å². The molecule has 1 rings (SSSR count). The van der Waals surface area contributed by atoms with E-state index in [1.165, 1.54) is 7.11 Å². The van der Waals surface area contributed by atoms with E-state index < -0.39 is 5.91 Å². The molecule has 0 saturated carbocycles. The second-order valence-corrected chi connectivity index (χ2v) is 3.37. The van der Waals surface area contributed by atoms with E-state index in [1.807, 2.05) is 6.92 Å². The van der Waals surface area contributed by atoms with Crippen molar-refractivity contribution < 1.29 is 14.3 Å². The van der Waals surface area contributed by atoms with Crippen LogP contribution in [-0.2, 0) is 16.1 Å². The van der Waals surface area contributed by atoms with E-state index in [-0.39, 0.29) is 24.6 Å². The van der Waals surface area contributed by atoms with Crippen LogP contribution in [0.1, 0.15) is 23.8 Å². The zero-order valence-corrected chi connectivity index (χ0v) is 9.90. The summed E-state index contributed by atoms with van der Waals surface area (Å²) < 4.78 is 6.02. The predicted molar refractivity (Wildman–Crippen MR) is 61.3 cm³/mol. The molecule has 1 aromatic rings. The zero-order chi connectivity index (χ0) is 12.8. The third kappa shape index (κ3) is 3.47. The lowest BCUT2D eigenvalue weighted by Gasteiger charge is -2.02. The monoisotopic (exact) mass is 240 g/mol. The van der Waals surface area contributed by atoms with Crippen LogP contribution in [0.3, 0.4) is 0 Å².